The molecule has 0 unspecified atom stereocenters. The maximum Gasteiger partial charge on any atom is 0.210 e. The topological polar surface area (TPSA) is 25.3 Å². The monoisotopic (exact) mass is 963 g/mol. The number of aryl methyl sites for hydroxylation is 4. The summed E-state index contributed by atoms with van der Waals surface area (Å²) < 4.78 is 1.63. The molecule has 67 heavy (non-hydrogen) atoms. The molecular formula is C64H108N2Ni. The molecule has 3 heteroatoms. The third kappa shape index (κ3) is 27.9. The SMILES string of the molecule is CCCCCCCCCCCCCCCc1cc(CCCCCCCCCCCCCCC)cc(C2=C(CCCCCC)C=C(c3cc(CCCCCC)cc(CCCCCC)c3)[N+]2=[N-])c1.[Ni]. The van der Waals surface area contributed by atoms with Gasteiger partial charge in [-0.1, -0.05) is 259 Å². The summed E-state index contributed by atoms with van der Waals surface area (Å²) in [5, 5.41) is 0. The average Bonchev–Trinajstić information content (AvgIpc) is 3.66. The number of nitrogens with zero attached hydrogens (tertiary/aromatic N) is 2. The smallest absolute Gasteiger partial charge is 0.210 e. The summed E-state index contributed by atoms with van der Waals surface area (Å²) in [7, 11) is 0. The molecule has 0 atom stereocenters. The molecule has 0 radical (unpaired) electrons. The molecule has 1 heterocycles. The number of benzene rings is 2. The van der Waals surface area contributed by atoms with E-state index in [9.17, 15) is 5.53 Å². The first-order chi connectivity index (χ1) is 32.5. The van der Waals surface area contributed by atoms with Gasteiger partial charge in [0.05, 0.1) is 0 Å². The zero-order valence-corrected chi connectivity index (χ0v) is 46.1. The van der Waals surface area contributed by atoms with Crippen molar-refractivity contribution in [2.24, 2.45) is 0 Å². The Morgan fingerprint density at radius 1 is 0.299 bits per heavy atom. The Morgan fingerprint density at radius 3 is 0.836 bits per heavy atom. The third-order valence-corrected chi connectivity index (χ3v) is 14.8. The van der Waals surface area contributed by atoms with Crippen molar-refractivity contribution in [3.63, 3.8) is 0 Å². The standard InChI is InChI=1S/C64H108N2.Ni/c1-6-11-16-21-23-25-27-29-31-33-35-37-41-46-58-50-59(47-42-38-36-34-32-30-28-26-24-22-17-12-7-2)54-62(53-58)64-60(48-43-20-15-10-5)55-63(66(64)65)61-51-56(44-39-18-13-8-3)49-57(52-61)45-40-19-14-9-4;/h49-55H,6-48H2,1-5H3;. The first-order valence-electron chi connectivity index (χ1n) is 29.7. The molecule has 384 valence electrons. The first-order valence-corrected chi connectivity index (χ1v) is 29.7. The molecule has 0 aromatic heterocycles. The van der Waals surface area contributed by atoms with Crippen LogP contribution < -0.4 is 0 Å². The van der Waals surface area contributed by atoms with Gasteiger partial charge in [-0.3, -0.25) is 0 Å². The van der Waals surface area contributed by atoms with Crippen LogP contribution in [0.5, 0.6) is 0 Å². The van der Waals surface area contributed by atoms with Gasteiger partial charge in [0, 0.05) is 39.3 Å². The zero-order valence-electron chi connectivity index (χ0n) is 45.2. The van der Waals surface area contributed by atoms with Crippen LogP contribution in [0.1, 0.15) is 318 Å². The van der Waals surface area contributed by atoms with E-state index in [-0.39, 0.29) is 16.5 Å². The van der Waals surface area contributed by atoms with Crippen LogP contribution in [0.25, 0.3) is 16.9 Å². The van der Waals surface area contributed by atoms with E-state index in [0.29, 0.717) is 0 Å². The van der Waals surface area contributed by atoms with E-state index in [0.717, 1.165) is 43.5 Å². The number of unbranched alkanes of at least 4 members (excludes halogenated alkanes) is 33. The molecule has 1 aliphatic rings. The molecule has 0 aliphatic carbocycles. The van der Waals surface area contributed by atoms with Gasteiger partial charge in [-0.05, 0) is 111 Å². The van der Waals surface area contributed by atoms with Crippen LogP contribution in [0, 0.1) is 0 Å². The molecule has 0 saturated heterocycles. The Hall–Kier alpha value is -1.99. The number of hydrogen-bond donors (Lipinski definition) is 0. The molecule has 3 rings (SSSR count). The normalized spacial score (nSPS) is 12.7. The fraction of sp³-hybridized carbons (Fsp3) is 0.750. The molecule has 0 saturated carbocycles. The van der Waals surface area contributed by atoms with Gasteiger partial charge in [0.2, 0.25) is 11.4 Å². The van der Waals surface area contributed by atoms with Crippen LogP contribution in [0.3, 0.4) is 0 Å². The Labute approximate surface area is 428 Å². The number of hydrogen-bond acceptors (Lipinski definition) is 0. The number of allylic oxidation sites excluding steroid dienone is 2. The first kappa shape index (κ1) is 61.1. The van der Waals surface area contributed by atoms with Crippen LogP contribution in [0.4, 0.5) is 0 Å². The van der Waals surface area contributed by atoms with Gasteiger partial charge in [0.25, 0.3) is 0 Å². The predicted molar refractivity (Wildman–Crippen MR) is 295 cm³/mol. The van der Waals surface area contributed by atoms with Crippen LogP contribution in [-0.2, 0) is 42.2 Å². The van der Waals surface area contributed by atoms with Gasteiger partial charge in [0.15, 0.2) is 0 Å². The Kier molecular flexibility index (Phi) is 38.1. The van der Waals surface area contributed by atoms with Gasteiger partial charge < -0.3 is 5.53 Å². The molecule has 2 nitrogen and oxygen atoms in total. The fourth-order valence-corrected chi connectivity index (χ4v) is 10.6. The third-order valence-electron chi connectivity index (χ3n) is 14.8. The second-order valence-electron chi connectivity index (χ2n) is 21.2. The minimum atomic E-state index is 0. The van der Waals surface area contributed by atoms with Crippen LogP contribution in [0.15, 0.2) is 48.0 Å². The maximum atomic E-state index is 12.5. The summed E-state index contributed by atoms with van der Waals surface area (Å²) in [5.74, 6) is 0. The van der Waals surface area contributed by atoms with E-state index in [1.807, 2.05) is 0 Å². The van der Waals surface area contributed by atoms with E-state index in [4.69, 9.17) is 0 Å². The molecule has 2 aromatic rings. The molecule has 0 amide bonds. The summed E-state index contributed by atoms with van der Waals surface area (Å²) in [6, 6.07) is 14.8. The maximum absolute atomic E-state index is 12.5. The van der Waals surface area contributed by atoms with Crippen molar-refractivity contribution in [1.82, 2.24) is 0 Å². The van der Waals surface area contributed by atoms with Crippen molar-refractivity contribution in [3.8, 4) is 0 Å². The fourth-order valence-electron chi connectivity index (χ4n) is 10.6. The quantitative estimate of drug-likeness (QED) is 0.0359. The Balaban J connectivity index is 0.0000154. The van der Waals surface area contributed by atoms with E-state index >= 15 is 0 Å². The molecule has 0 bridgehead atoms. The minimum absolute atomic E-state index is 0. The molecule has 0 spiro atoms. The molecule has 0 N–H and O–H groups in total. The Bertz CT molecular complexity index is 1500. The van der Waals surface area contributed by atoms with E-state index < -0.39 is 0 Å². The second-order valence-corrected chi connectivity index (χ2v) is 21.2. The van der Waals surface area contributed by atoms with Gasteiger partial charge in [-0.25, -0.2) is 4.70 Å². The van der Waals surface area contributed by atoms with Crippen molar-refractivity contribution >= 4 is 11.4 Å². The van der Waals surface area contributed by atoms with Crippen molar-refractivity contribution in [2.45, 2.75) is 311 Å². The van der Waals surface area contributed by atoms with Crippen molar-refractivity contribution < 1.29 is 21.2 Å². The number of rotatable bonds is 45. The van der Waals surface area contributed by atoms with Crippen molar-refractivity contribution in [2.75, 3.05) is 0 Å². The van der Waals surface area contributed by atoms with E-state index in [1.165, 1.54) is 283 Å². The second kappa shape index (κ2) is 41.8. The minimum Gasteiger partial charge on any atom is -0.493 e. The molecular weight excluding hydrogens is 855 g/mol. The summed E-state index contributed by atoms with van der Waals surface area (Å²) >= 11 is 0. The predicted octanol–water partition coefficient (Wildman–Crippen LogP) is 22.0. The van der Waals surface area contributed by atoms with Gasteiger partial charge in [-0.2, -0.15) is 0 Å². The van der Waals surface area contributed by atoms with Crippen LogP contribution in [-0.4, -0.2) is 4.70 Å². The largest absolute Gasteiger partial charge is 0.493 e. The van der Waals surface area contributed by atoms with E-state index in [2.05, 4.69) is 77.1 Å². The van der Waals surface area contributed by atoms with Crippen LogP contribution >= 0.6 is 0 Å². The molecule has 0 fully saturated rings. The zero-order chi connectivity index (χ0) is 47.1. The van der Waals surface area contributed by atoms with Gasteiger partial charge in [-0.15, -0.1) is 0 Å². The summed E-state index contributed by atoms with van der Waals surface area (Å²) in [5.41, 5.74) is 24.1. The molecule has 2 aromatic carbocycles. The average molecular weight is 964 g/mol. The van der Waals surface area contributed by atoms with E-state index in [1.54, 1.807) is 4.70 Å². The van der Waals surface area contributed by atoms with Crippen molar-refractivity contribution in [1.29, 1.82) is 0 Å². The summed E-state index contributed by atoms with van der Waals surface area (Å²) in [6.07, 6.45) is 59.4. The van der Waals surface area contributed by atoms with Gasteiger partial charge >= 0.3 is 0 Å². The Morgan fingerprint density at radius 2 is 0.537 bits per heavy atom. The summed E-state index contributed by atoms with van der Waals surface area (Å²) in [6.45, 7) is 11.5. The summed E-state index contributed by atoms with van der Waals surface area (Å²) in [4.78, 5) is 0. The van der Waals surface area contributed by atoms with Gasteiger partial charge in [0.1, 0.15) is 0 Å². The molecule has 1 aliphatic heterocycles. The van der Waals surface area contributed by atoms with Crippen molar-refractivity contribution in [3.05, 3.63) is 87.0 Å². The van der Waals surface area contributed by atoms with Crippen LogP contribution in [0.2, 0.25) is 0 Å².